The van der Waals surface area contributed by atoms with Crippen molar-refractivity contribution in [1.29, 1.82) is 0 Å². The van der Waals surface area contributed by atoms with E-state index >= 15 is 0 Å². The largest absolute Gasteiger partial charge is 0.466 e. The van der Waals surface area contributed by atoms with Crippen LogP contribution in [0.4, 0.5) is 0 Å². The maximum absolute atomic E-state index is 6.29. The fraction of sp³-hybridized carbons (Fsp3) is 0.333. The van der Waals surface area contributed by atoms with Crippen LogP contribution in [0, 0.1) is 20.8 Å². The lowest BCUT2D eigenvalue weighted by molar-refractivity contribution is 0.496. The molecule has 0 radical (unpaired) electrons. The zero-order valence-corrected chi connectivity index (χ0v) is 11.7. The highest BCUT2D eigenvalue weighted by Crippen LogP contribution is 2.28. The molecule has 0 aliphatic carbocycles. The average molecular weight is 264 g/mol. The van der Waals surface area contributed by atoms with Crippen LogP contribution in [0.2, 0.25) is 5.02 Å². The Morgan fingerprint density at radius 2 is 1.94 bits per heavy atom. The molecule has 0 spiro atoms. The van der Waals surface area contributed by atoms with Crippen molar-refractivity contribution < 1.29 is 4.42 Å². The summed E-state index contributed by atoms with van der Waals surface area (Å²) in [4.78, 5) is 0. The minimum Gasteiger partial charge on any atom is -0.466 e. The highest BCUT2D eigenvalue weighted by molar-refractivity contribution is 6.30. The standard InChI is InChI=1S/C15H18ClNO/c1-9-10(2)18-11(3)15(9)14(17)8-12-5-4-6-13(16)7-12/h4-7,14H,8,17H2,1-3H3. The van der Waals surface area contributed by atoms with Gasteiger partial charge in [-0.25, -0.2) is 0 Å². The average Bonchev–Trinajstić information content (AvgIpc) is 2.53. The van der Waals surface area contributed by atoms with Crippen LogP contribution < -0.4 is 5.73 Å². The number of hydrogen-bond donors (Lipinski definition) is 1. The van der Waals surface area contributed by atoms with Crippen molar-refractivity contribution in [2.75, 3.05) is 0 Å². The van der Waals surface area contributed by atoms with Crippen molar-refractivity contribution in [1.82, 2.24) is 0 Å². The Bertz CT molecular complexity index is 560. The summed E-state index contributed by atoms with van der Waals surface area (Å²) in [6.07, 6.45) is 0.765. The third-order valence-corrected chi connectivity index (χ3v) is 3.57. The van der Waals surface area contributed by atoms with Gasteiger partial charge in [-0.3, -0.25) is 0 Å². The van der Waals surface area contributed by atoms with Gasteiger partial charge in [0.05, 0.1) is 0 Å². The second kappa shape index (κ2) is 5.17. The van der Waals surface area contributed by atoms with Gasteiger partial charge in [-0.05, 0) is 50.5 Å². The number of nitrogens with two attached hydrogens (primary N) is 1. The third kappa shape index (κ3) is 2.60. The molecule has 1 aromatic heterocycles. The van der Waals surface area contributed by atoms with E-state index in [0.29, 0.717) is 0 Å². The normalized spacial score (nSPS) is 12.7. The van der Waals surface area contributed by atoms with Gasteiger partial charge in [0.1, 0.15) is 11.5 Å². The van der Waals surface area contributed by atoms with Crippen molar-refractivity contribution in [2.45, 2.75) is 33.2 Å². The molecular weight excluding hydrogens is 246 g/mol. The summed E-state index contributed by atoms with van der Waals surface area (Å²) in [5.74, 6) is 1.86. The molecule has 0 bridgehead atoms. The zero-order chi connectivity index (χ0) is 13.3. The van der Waals surface area contributed by atoms with Crippen LogP contribution in [0.3, 0.4) is 0 Å². The molecule has 3 heteroatoms. The van der Waals surface area contributed by atoms with E-state index in [1.54, 1.807) is 0 Å². The Balaban J connectivity index is 2.24. The smallest absolute Gasteiger partial charge is 0.106 e. The van der Waals surface area contributed by atoms with Crippen LogP contribution >= 0.6 is 11.6 Å². The second-order valence-corrected chi connectivity index (χ2v) is 5.13. The van der Waals surface area contributed by atoms with Crippen molar-refractivity contribution in [3.05, 3.63) is 57.5 Å². The molecule has 1 unspecified atom stereocenters. The molecule has 1 aromatic carbocycles. The van der Waals surface area contributed by atoms with Crippen molar-refractivity contribution in [3.63, 3.8) is 0 Å². The molecule has 1 atom stereocenters. The second-order valence-electron chi connectivity index (χ2n) is 4.69. The molecule has 18 heavy (non-hydrogen) atoms. The Morgan fingerprint density at radius 3 is 2.50 bits per heavy atom. The molecular formula is C15H18ClNO. The number of benzene rings is 1. The molecule has 0 saturated carbocycles. The number of aryl methyl sites for hydroxylation is 2. The zero-order valence-electron chi connectivity index (χ0n) is 11.0. The molecule has 1 heterocycles. The van der Waals surface area contributed by atoms with E-state index in [1.165, 1.54) is 0 Å². The van der Waals surface area contributed by atoms with Crippen LogP contribution in [-0.4, -0.2) is 0 Å². The Labute approximate surface area is 113 Å². The van der Waals surface area contributed by atoms with Crippen LogP contribution in [0.5, 0.6) is 0 Å². The number of rotatable bonds is 3. The van der Waals surface area contributed by atoms with Crippen LogP contribution in [-0.2, 0) is 6.42 Å². The minimum atomic E-state index is -0.0547. The monoisotopic (exact) mass is 263 g/mol. The summed E-state index contributed by atoms with van der Waals surface area (Å²) in [6.45, 7) is 5.99. The predicted octanol–water partition coefficient (Wildman–Crippen LogP) is 4.10. The topological polar surface area (TPSA) is 39.2 Å². The highest BCUT2D eigenvalue weighted by atomic mass is 35.5. The van der Waals surface area contributed by atoms with E-state index in [1.807, 2.05) is 38.1 Å². The molecule has 0 amide bonds. The third-order valence-electron chi connectivity index (χ3n) is 3.33. The Kier molecular flexibility index (Phi) is 3.79. The first-order valence-corrected chi connectivity index (χ1v) is 6.43. The van der Waals surface area contributed by atoms with Crippen molar-refractivity contribution in [3.8, 4) is 0 Å². The molecule has 0 aliphatic rings. The summed E-state index contributed by atoms with van der Waals surface area (Å²) in [5.41, 5.74) is 9.71. The van der Waals surface area contributed by atoms with Crippen molar-refractivity contribution in [2.24, 2.45) is 5.73 Å². The first kappa shape index (κ1) is 13.2. The quantitative estimate of drug-likeness (QED) is 0.905. The van der Waals surface area contributed by atoms with Gasteiger partial charge in [0.2, 0.25) is 0 Å². The van der Waals surface area contributed by atoms with Gasteiger partial charge in [-0.2, -0.15) is 0 Å². The SMILES string of the molecule is Cc1oc(C)c(C(N)Cc2cccc(Cl)c2)c1C. The first-order valence-electron chi connectivity index (χ1n) is 6.05. The van der Waals surface area contributed by atoms with Crippen molar-refractivity contribution >= 4 is 11.6 Å². The van der Waals surface area contributed by atoms with Gasteiger partial charge >= 0.3 is 0 Å². The van der Waals surface area contributed by atoms with E-state index in [0.717, 1.165) is 39.7 Å². The summed E-state index contributed by atoms with van der Waals surface area (Å²) in [6, 6.07) is 7.77. The van der Waals surface area contributed by atoms with E-state index in [-0.39, 0.29) is 6.04 Å². The van der Waals surface area contributed by atoms with Crippen LogP contribution in [0.25, 0.3) is 0 Å². The molecule has 96 valence electrons. The highest BCUT2D eigenvalue weighted by Gasteiger charge is 2.18. The minimum absolute atomic E-state index is 0.0547. The lowest BCUT2D eigenvalue weighted by Crippen LogP contribution is -2.14. The van der Waals surface area contributed by atoms with Gasteiger partial charge in [0, 0.05) is 16.6 Å². The van der Waals surface area contributed by atoms with E-state index in [4.69, 9.17) is 21.8 Å². The number of furan rings is 1. The predicted molar refractivity (Wildman–Crippen MR) is 75.0 cm³/mol. The van der Waals surface area contributed by atoms with Gasteiger partial charge in [-0.1, -0.05) is 23.7 Å². The summed E-state index contributed by atoms with van der Waals surface area (Å²) in [7, 11) is 0. The lowest BCUT2D eigenvalue weighted by atomic mass is 9.97. The molecule has 2 aromatic rings. The van der Waals surface area contributed by atoms with Crippen LogP contribution in [0.1, 0.15) is 34.3 Å². The fourth-order valence-corrected chi connectivity index (χ4v) is 2.59. The van der Waals surface area contributed by atoms with E-state index in [9.17, 15) is 0 Å². The van der Waals surface area contributed by atoms with Gasteiger partial charge in [-0.15, -0.1) is 0 Å². The van der Waals surface area contributed by atoms with Gasteiger partial charge in [0.25, 0.3) is 0 Å². The molecule has 0 fully saturated rings. The lowest BCUT2D eigenvalue weighted by Gasteiger charge is -2.12. The Morgan fingerprint density at radius 1 is 1.22 bits per heavy atom. The molecule has 2 nitrogen and oxygen atoms in total. The fourth-order valence-electron chi connectivity index (χ4n) is 2.37. The maximum atomic E-state index is 6.29. The van der Waals surface area contributed by atoms with E-state index in [2.05, 4.69) is 6.92 Å². The van der Waals surface area contributed by atoms with Crippen LogP contribution in [0.15, 0.2) is 28.7 Å². The molecule has 0 aliphatic heterocycles. The molecule has 2 rings (SSSR count). The van der Waals surface area contributed by atoms with Gasteiger partial charge < -0.3 is 10.2 Å². The molecule has 2 N–H and O–H groups in total. The maximum Gasteiger partial charge on any atom is 0.106 e. The number of halogens is 1. The summed E-state index contributed by atoms with van der Waals surface area (Å²) < 4.78 is 5.62. The van der Waals surface area contributed by atoms with E-state index < -0.39 is 0 Å². The summed E-state index contributed by atoms with van der Waals surface area (Å²) in [5, 5.41) is 0.747. The number of hydrogen-bond acceptors (Lipinski definition) is 2. The van der Waals surface area contributed by atoms with Gasteiger partial charge in [0.15, 0.2) is 0 Å². The Hall–Kier alpha value is -1.25. The first-order chi connectivity index (χ1) is 8.49. The summed E-state index contributed by atoms with van der Waals surface area (Å²) >= 11 is 5.98. The molecule has 0 saturated heterocycles.